The van der Waals surface area contributed by atoms with Crippen LogP contribution in [0.25, 0.3) is 0 Å². The lowest BCUT2D eigenvalue weighted by atomic mass is 9.93. The van der Waals surface area contributed by atoms with Crippen LogP contribution in [0.2, 0.25) is 0 Å². The Morgan fingerprint density at radius 2 is 2.33 bits per heavy atom. The van der Waals surface area contributed by atoms with Gasteiger partial charge in [0.1, 0.15) is 5.82 Å². The van der Waals surface area contributed by atoms with Crippen LogP contribution in [0.5, 0.6) is 0 Å². The van der Waals surface area contributed by atoms with Gasteiger partial charge in [-0.25, -0.2) is 4.39 Å². The van der Waals surface area contributed by atoms with Crippen molar-refractivity contribution < 1.29 is 19.4 Å². The molecule has 15 heavy (non-hydrogen) atoms. The fraction of sp³-hybridized carbons (Fsp3) is 0.364. The molecule has 0 aliphatic heterocycles. The lowest BCUT2D eigenvalue weighted by Gasteiger charge is -2.11. The summed E-state index contributed by atoms with van der Waals surface area (Å²) in [7, 11) is 0. The first-order chi connectivity index (χ1) is 7.11. The standard InChI is InChI=1S/C11H11FO3/c12-9-3-1-2-7(4-9)11(10(14)15)5-8(11)6-13/h1-4,8,13H,5-6H2,(H,14,15)/t8-,11-/m0/s1. The predicted molar refractivity (Wildman–Crippen MR) is 50.9 cm³/mol. The summed E-state index contributed by atoms with van der Waals surface area (Å²) >= 11 is 0. The number of aliphatic hydroxyl groups excluding tert-OH is 1. The van der Waals surface area contributed by atoms with E-state index in [2.05, 4.69) is 0 Å². The highest BCUT2D eigenvalue weighted by Crippen LogP contribution is 2.54. The molecule has 0 amide bonds. The number of carboxylic acid groups (broad SMARTS) is 1. The highest BCUT2D eigenvalue weighted by Gasteiger charge is 2.61. The third-order valence-corrected chi connectivity index (χ3v) is 3.05. The largest absolute Gasteiger partial charge is 0.481 e. The molecule has 4 heteroatoms. The van der Waals surface area contributed by atoms with Crippen molar-refractivity contribution in [3.05, 3.63) is 35.6 Å². The smallest absolute Gasteiger partial charge is 0.314 e. The monoisotopic (exact) mass is 210 g/mol. The second kappa shape index (κ2) is 3.31. The fourth-order valence-corrected chi connectivity index (χ4v) is 2.06. The van der Waals surface area contributed by atoms with Gasteiger partial charge in [-0.2, -0.15) is 0 Å². The van der Waals surface area contributed by atoms with Gasteiger partial charge in [-0.1, -0.05) is 12.1 Å². The molecule has 0 heterocycles. The Bertz CT molecular complexity index is 405. The van der Waals surface area contributed by atoms with Crippen LogP contribution in [-0.2, 0) is 10.2 Å². The number of hydrogen-bond donors (Lipinski definition) is 2. The number of halogens is 1. The first-order valence-corrected chi connectivity index (χ1v) is 4.71. The zero-order valence-corrected chi connectivity index (χ0v) is 7.98. The minimum Gasteiger partial charge on any atom is -0.481 e. The molecule has 0 bridgehead atoms. The van der Waals surface area contributed by atoms with Crippen LogP contribution in [0.4, 0.5) is 4.39 Å². The van der Waals surface area contributed by atoms with E-state index in [1.165, 1.54) is 18.2 Å². The second-order valence-electron chi connectivity index (χ2n) is 3.87. The van der Waals surface area contributed by atoms with Crippen LogP contribution in [0.15, 0.2) is 24.3 Å². The number of carbonyl (C=O) groups is 1. The molecule has 0 spiro atoms. The van der Waals surface area contributed by atoms with Crippen LogP contribution in [0, 0.1) is 11.7 Å². The average Bonchev–Trinajstić information content (AvgIpc) is 2.93. The van der Waals surface area contributed by atoms with Crippen LogP contribution in [0.3, 0.4) is 0 Å². The van der Waals surface area contributed by atoms with Gasteiger partial charge in [0, 0.05) is 12.5 Å². The maximum Gasteiger partial charge on any atom is 0.314 e. The van der Waals surface area contributed by atoms with Crippen LogP contribution < -0.4 is 0 Å². The highest BCUT2D eigenvalue weighted by molar-refractivity contribution is 5.85. The fourth-order valence-electron chi connectivity index (χ4n) is 2.06. The minimum atomic E-state index is -1.07. The van der Waals surface area contributed by atoms with Crippen molar-refractivity contribution in [1.29, 1.82) is 0 Å². The summed E-state index contributed by atoms with van der Waals surface area (Å²) in [6, 6.07) is 5.58. The van der Waals surface area contributed by atoms with Crippen molar-refractivity contribution in [1.82, 2.24) is 0 Å². The summed E-state index contributed by atoms with van der Waals surface area (Å²) in [6.07, 6.45) is 0.377. The summed E-state index contributed by atoms with van der Waals surface area (Å²) < 4.78 is 13.0. The molecule has 3 nitrogen and oxygen atoms in total. The van der Waals surface area contributed by atoms with E-state index < -0.39 is 17.2 Å². The normalized spacial score (nSPS) is 28.8. The summed E-state index contributed by atoms with van der Waals surface area (Å²) in [4.78, 5) is 11.1. The van der Waals surface area contributed by atoms with Crippen LogP contribution in [0.1, 0.15) is 12.0 Å². The number of carboxylic acids is 1. The van der Waals surface area contributed by atoms with Crippen molar-refractivity contribution in [2.45, 2.75) is 11.8 Å². The zero-order chi connectivity index (χ0) is 11.1. The third-order valence-electron chi connectivity index (χ3n) is 3.05. The Morgan fingerprint density at radius 3 is 2.80 bits per heavy atom. The Labute approximate surface area is 86.2 Å². The van der Waals surface area contributed by atoms with E-state index in [9.17, 15) is 9.18 Å². The number of hydrogen-bond acceptors (Lipinski definition) is 2. The quantitative estimate of drug-likeness (QED) is 0.787. The molecular formula is C11H11FO3. The van der Waals surface area contributed by atoms with Crippen molar-refractivity contribution in [3.8, 4) is 0 Å². The van der Waals surface area contributed by atoms with Crippen LogP contribution in [-0.4, -0.2) is 22.8 Å². The number of benzene rings is 1. The Kier molecular flexibility index (Phi) is 2.23. The Balaban J connectivity index is 2.40. The summed E-state index contributed by atoms with van der Waals surface area (Å²) in [5.74, 6) is -1.74. The van der Waals surface area contributed by atoms with Crippen molar-refractivity contribution in [3.63, 3.8) is 0 Å². The minimum absolute atomic E-state index is 0.178. The molecule has 0 saturated heterocycles. The summed E-state index contributed by atoms with van der Waals surface area (Å²) in [6.45, 7) is -0.178. The van der Waals surface area contributed by atoms with Gasteiger partial charge in [0.25, 0.3) is 0 Å². The van der Waals surface area contributed by atoms with Crippen molar-refractivity contribution in [2.75, 3.05) is 6.61 Å². The van der Waals surface area contributed by atoms with Gasteiger partial charge in [0.15, 0.2) is 0 Å². The van der Waals surface area contributed by atoms with Crippen LogP contribution >= 0.6 is 0 Å². The lowest BCUT2D eigenvalue weighted by molar-refractivity contribution is -0.140. The molecule has 1 fully saturated rings. The molecule has 2 rings (SSSR count). The average molecular weight is 210 g/mol. The number of aliphatic hydroxyl groups is 1. The molecule has 80 valence electrons. The van der Waals surface area contributed by atoms with E-state index in [4.69, 9.17) is 10.2 Å². The molecule has 1 aromatic rings. The van der Waals surface area contributed by atoms with Gasteiger partial charge in [0.2, 0.25) is 0 Å². The van der Waals surface area contributed by atoms with Gasteiger partial charge < -0.3 is 10.2 Å². The van der Waals surface area contributed by atoms with Gasteiger partial charge in [-0.3, -0.25) is 4.79 Å². The SMILES string of the molecule is O=C(O)[C@]1(c2cccc(F)c2)C[C@H]1CO. The Hall–Kier alpha value is -1.42. The zero-order valence-electron chi connectivity index (χ0n) is 7.98. The van der Waals surface area contributed by atoms with E-state index >= 15 is 0 Å². The Morgan fingerprint density at radius 1 is 1.60 bits per heavy atom. The maximum absolute atomic E-state index is 13.0. The molecule has 1 aromatic carbocycles. The topological polar surface area (TPSA) is 57.5 Å². The predicted octanol–water partition coefficient (Wildman–Crippen LogP) is 1.16. The third kappa shape index (κ3) is 1.41. The van der Waals surface area contributed by atoms with Gasteiger partial charge >= 0.3 is 5.97 Å². The molecule has 2 atom stereocenters. The highest BCUT2D eigenvalue weighted by atomic mass is 19.1. The molecule has 2 N–H and O–H groups in total. The van der Waals surface area contributed by atoms with E-state index in [0.717, 1.165) is 0 Å². The molecule has 1 aliphatic rings. The molecule has 1 aliphatic carbocycles. The van der Waals surface area contributed by atoms with E-state index in [-0.39, 0.29) is 12.5 Å². The van der Waals surface area contributed by atoms with E-state index in [1.807, 2.05) is 0 Å². The van der Waals surface area contributed by atoms with Gasteiger partial charge in [-0.05, 0) is 24.1 Å². The molecule has 1 saturated carbocycles. The first kappa shape index (κ1) is 10.1. The van der Waals surface area contributed by atoms with Crippen molar-refractivity contribution in [2.24, 2.45) is 5.92 Å². The summed E-state index contributed by atoms with van der Waals surface area (Å²) in [5, 5.41) is 18.1. The summed E-state index contributed by atoms with van der Waals surface area (Å²) in [5.41, 5.74) is -0.634. The lowest BCUT2D eigenvalue weighted by Crippen LogP contribution is -2.23. The second-order valence-corrected chi connectivity index (χ2v) is 3.87. The van der Waals surface area contributed by atoms with E-state index in [1.54, 1.807) is 6.07 Å². The molecule has 0 radical (unpaired) electrons. The van der Waals surface area contributed by atoms with Crippen molar-refractivity contribution >= 4 is 5.97 Å². The first-order valence-electron chi connectivity index (χ1n) is 4.71. The van der Waals surface area contributed by atoms with E-state index in [0.29, 0.717) is 12.0 Å². The maximum atomic E-state index is 13.0. The number of aliphatic carboxylic acids is 1. The number of rotatable bonds is 3. The molecular weight excluding hydrogens is 199 g/mol. The van der Waals surface area contributed by atoms with Gasteiger partial charge in [0.05, 0.1) is 5.41 Å². The van der Waals surface area contributed by atoms with Gasteiger partial charge in [-0.15, -0.1) is 0 Å². The molecule has 0 aromatic heterocycles. The molecule has 0 unspecified atom stereocenters.